The molecular formula is C11H20N4. The molecule has 0 aliphatic rings. The van der Waals surface area contributed by atoms with Crippen molar-refractivity contribution in [3.8, 4) is 0 Å². The summed E-state index contributed by atoms with van der Waals surface area (Å²) in [6, 6.07) is 2.09. The van der Waals surface area contributed by atoms with E-state index in [4.69, 9.17) is 5.73 Å². The lowest BCUT2D eigenvalue weighted by Crippen LogP contribution is -2.29. The molecule has 1 aromatic heterocycles. The molecule has 84 valence electrons. The molecule has 0 spiro atoms. The Bertz CT molecular complexity index is 309. The first-order valence-corrected chi connectivity index (χ1v) is 5.25. The number of anilines is 1. The van der Waals surface area contributed by atoms with Crippen molar-refractivity contribution in [2.75, 3.05) is 19.0 Å². The Kier molecular flexibility index (Phi) is 4.03. The van der Waals surface area contributed by atoms with Crippen LogP contribution in [-0.2, 0) is 6.42 Å². The van der Waals surface area contributed by atoms with E-state index in [0.717, 1.165) is 18.1 Å². The summed E-state index contributed by atoms with van der Waals surface area (Å²) >= 11 is 0. The Morgan fingerprint density at radius 2 is 2.07 bits per heavy atom. The predicted octanol–water partition coefficient (Wildman–Crippen LogP) is 1.07. The summed E-state index contributed by atoms with van der Waals surface area (Å²) in [6.07, 6.45) is 2.59. The molecule has 0 aliphatic heterocycles. The van der Waals surface area contributed by atoms with Gasteiger partial charge < -0.3 is 10.6 Å². The van der Waals surface area contributed by atoms with Crippen molar-refractivity contribution in [1.29, 1.82) is 0 Å². The van der Waals surface area contributed by atoms with Crippen LogP contribution in [-0.4, -0.2) is 30.1 Å². The molecule has 0 amide bonds. The Hall–Kier alpha value is -1.16. The maximum absolute atomic E-state index is 6.00. The van der Waals surface area contributed by atoms with Crippen LogP contribution >= 0.6 is 0 Å². The van der Waals surface area contributed by atoms with Crippen molar-refractivity contribution in [3.63, 3.8) is 0 Å². The van der Waals surface area contributed by atoms with Crippen LogP contribution in [0.5, 0.6) is 0 Å². The van der Waals surface area contributed by atoms with Gasteiger partial charge in [0.25, 0.3) is 0 Å². The molecule has 0 aliphatic carbocycles. The lowest BCUT2D eigenvalue weighted by molar-refractivity contribution is 0.486. The molecule has 0 aromatic carbocycles. The van der Waals surface area contributed by atoms with E-state index in [0.29, 0.717) is 5.92 Å². The highest BCUT2D eigenvalue weighted by molar-refractivity contribution is 5.27. The van der Waals surface area contributed by atoms with Gasteiger partial charge in [0.15, 0.2) is 0 Å². The summed E-state index contributed by atoms with van der Waals surface area (Å²) in [5, 5.41) is 0. The molecule has 1 unspecified atom stereocenters. The SMILES string of the molecule is CC(C)C(N)Cc1ccnc(N(C)C)n1. The molecule has 15 heavy (non-hydrogen) atoms. The number of nitrogens with zero attached hydrogens (tertiary/aromatic N) is 3. The van der Waals surface area contributed by atoms with E-state index >= 15 is 0 Å². The summed E-state index contributed by atoms with van der Waals surface area (Å²) in [5.41, 5.74) is 7.01. The first-order valence-electron chi connectivity index (χ1n) is 5.25. The van der Waals surface area contributed by atoms with E-state index in [-0.39, 0.29) is 6.04 Å². The van der Waals surface area contributed by atoms with Gasteiger partial charge >= 0.3 is 0 Å². The van der Waals surface area contributed by atoms with Gasteiger partial charge in [-0.3, -0.25) is 0 Å². The van der Waals surface area contributed by atoms with Crippen LogP contribution < -0.4 is 10.6 Å². The van der Waals surface area contributed by atoms with Crippen LogP contribution in [0.1, 0.15) is 19.5 Å². The summed E-state index contributed by atoms with van der Waals surface area (Å²) in [7, 11) is 3.86. The Morgan fingerprint density at radius 3 is 2.60 bits per heavy atom. The van der Waals surface area contributed by atoms with Crippen molar-refractivity contribution in [2.24, 2.45) is 11.7 Å². The molecule has 0 fully saturated rings. The van der Waals surface area contributed by atoms with Gasteiger partial charge in [0.05, 0.1) is 0 Å². The second-order valence-corrected chi connectivity index (χ2v) is 4.35. The number of nitrogens with two attached hydrogens (primary N) is 1. The zero-order chi connectivity index (χ0) is 11.4. The average molecular weight is 208 g/mol. The van der Waals surface area contributed by atoms with E-state index in [1.807, 2.05) is 25.1 Å². The van der Waals surface area contributed by atoms with Gasteiger partial charge in [0.1, 0.15) is 0 Å². The third-order valence-corrected chi connectivity index (χ3v) is 2.40. The molecule has 4 heteroatoms. The molecule has 2 N–H and O–H groups in total. The van der Waals surface area contributed by atoms with Gasteiger partial charge in [-0.15, -0.1) is 0 Å². The summed E-state index contributed by atoms with van der Waals surface area (Å²) in [5.74, 6) is 1.21. The lowest BCUT2D eigenvalue weighted by atomic mass is 10.0. The highest BCUT2D eigenvalue weighted by atomic mass is 15.2. The van der Waals surface area contributed by atoms with Crippen molar-refractivity contribution >= 4 is 5.95 Å². The molecular weight excluding hydrogens is 188 g/mol. The molecule has 1 aromatic rings. The van der Waals surface area contributed by atoms with Crippen molar-refractivity contribution in [1.82, 2.24) is 9.97 Å². The third kappa shape index (κ3) is 3.47. The first kappa shape index (κ1) is 11.9. The van der Waals surface area contributed by atoms with Crippen LogP contribution in [0.25, 0.3) is 0 Å². The number of hydrogen-bond donors (Lipinski definition) is 1. The van der Waals surface area contributed by atoms with Crippen LogP contribution in [0.2, 0.25) is 0 Å². The Morgan fingerprint density at radius 1 is 1.40 bits per heavy atom. The van der Waals surface area contributed by atoms with Crippen LogP contribution in [0.15, 0.2) is 12.3 Å². The minimum atomic E-state index is 0.162. The van der Waals surface area contributed by atoms with Gasteiger partial charge in [-0.25, -0.2) is 9.97 Å². The largest absolute Gasteiger partial charge is 0.347 e. The molecule has 0 saturated heterocycles. The quantitative estimate of drug-likeness (QED) is 0.804. The normalized spacial score (nSPS) is 12.9. The van der Waals surface area contributed by atoms with E-state index in [1.54, 1.807) is 6.20 Å². The van der Waals surface area contributed by atoms with Crippen LogP contribution in [0, 0.1) is 5.92 Å². The maximum atomic E-state index is 6.00. The number of rotatable bonds is 4. The summed E-state index contributed by atoms with van der Waals surface area (Å²) in [4.78, 5) is 10.5. The minimum Gasteiger partial charge on any atom is -0.347 e. The van der Waals surface area contributed by atoms with Gasteiger partial charge in [-0.05, 0) is 12.0 Å². The zero-order valence-electron chi connectivity index (χ0n) is 9.94. The molecule has 1 heterocycles. The highest BCUT2D eigenvalue weighted by Crippen LogP contribution is 2.08. The monoisotopic (exact) mass is 208 g/mol. The minimum absolute atomic E-state index is 0.162. The van der Waals surface area contributed by atoms with Crippen molar-refractivity contribution in [3.05, 3.63) is 18.0 Å². The second kappa shape index (κ2) is 5.07. The van der Waals surface area contributed by atoms with Crippen LogP contribution in [0.3, 0.4) is 0 Å². The molecule has 0 saturated carbocycles. The fourth-order valence-electron chi connectivity index (χ4n) is 1.19. The van der Waals surface area contributed by atoms with Gasteiger partial charge in [0, 0.05) is 38.4 Å². The first-order chi connectivity index (χ1) is 7.00. The molecule has 4 nitrogen and oxygen atoms in total. The average Bonchev–Trinajstić information content (AvgIpc) is 2.18. The molecule has 1 rings (SSSR count). The van der Waals surface area contributed by atoms with Gasteiger partial charge in [0.2, 0.25) is 5.95 Å². The predicted molar refractivity (Wildman–Crippen MR) is 62.9 cm³/mol. The lowest BCUT2D eigenvalue weighted by Gasteiger charge is -2.16. The fourth-order valence-corrected chi connectivity index (χ4v) is 1.19. The maximum Gasteiger partial charge on any atom is 0.224 e. The third-order valence-electron chi connectivity index (χ3n) is 2.40. The van der Waals surface area contributed by atoms with Crippen molar-refractivity contribution < 1.29 is 0 Å². The summed E-state index contributed by atoms with van der Waals surface area (Å²) in [6.45, 7) is 4.25. The molecule has 0 bridgehead atoms. The van der Waals surface area contributed by atoms with E-state index in [2.05, 4.69) is 23.8 Å². The zero-order valence-corrected chi connectivity index (χ0v) is 9.94. The second-order valence-electron chi connectivity index (χ2n) is 4.35. The molecule has 1 atom stereocenters. The Labute approximate surface area is 91.5 Å². The smallest absolute Gasteiger partial charge is 0.224 e. The topological polar surface area (TPSA) is 55.0 Å². The van der Waals surface area contributed by atoms with E-state index in [9.17, 15) is 0 Å². The van der Waals surface area contributed by atoms with Crippen molar-refractivity contribution in [2.45, 2.75) is 26.3 Å². The van der Waals surface area contributed by atoms with Gasteiger partial charge in [-0.1, -0.05) is 13.8 Å². The highest BCUT2D eigenvalue weighted by Gasteiger charge is 2.10. The standard InChI is InChI=1S/C11H20N4/c1-8(2)10(12)7-9-5-6-13-11(14-9)15(3)4/h5-6,8,10H,7,12H2,1-4H3. The number of aromatic nitrogens is 2. The fraction of sp³-hybridized carbons (Fsp3) is 0.636. The molecule has 0 radical (unpaired) electrons. The summed E-state index contributed by atoms with van der Waals surface area (Å²) < 4.78 is 0. The Balaban J connectivity index is 2.73. The van der Waals surface area contributed by atoms with Gasteiger partial charge in [-0.2, -0.15) is 0 Å². The van der Waals surface area contributed by atoms with E-state index in [1.165, 1.54) is 0 Å². The number of hydrogen-bond acceptors (Lipinski definition) is 4. The van der Waals surface area contributed by atoms with E-state index < -0.39 is 0 Å². The van der Waals surface area contributed by atoms with Crippen LogP contribution in [0.4, 0.5) is 5.95 Å².